The standard InChI is InChI=1S/C14H23N3O/c1-10-7-12(14(15)17-9-10)13(16-2)8-11-5-3-4-6-18-11/h7,9,11,13,16H,3-6,8H2,1-2H3,(H2,15,17). The van der Waals surface area contributed by atoms with Gasteiger partial charge >= 0.3 is 0 Å². The number of nitrogens with two attached hydrogens (primary N) is 1. The molecule has 2 unspecified atom stereocenters. The molecule has 4 nitrogen and oxygen atoms in total. The van der Waals surface area contributed by atoms with Crippen LogP contribution in [0.5, 0.6) is 0 Å². The van der Waals surface area contributed by atoms with E-state index in [1.807, 2.05) is 20.2 Å². The van der Waals surface area contributed by atoms with Crippen LogP contribution in [0.25, 0.3) is 0 Å². The summed E-state index contributed by atoms with van der Waals surface area (Å²) in [6, 6.07) is 2.34. The molecular weight excluding hydrogens is 226 g/mol. The second kappa shape index (κ2) is 6.16. The Morgan fingerprint density at radius 2 is 2.39 bits per heavy atom. The van der Waals surface area contributed by atoms with Crippen LogP contribution in [0.3, 0.4) is 0 Å². The summed E-state index contributed by atoms with van der Waals surface area (Å²) in [5.41, 5.74) is 8.21. The van der Waals surface area contributed by atoms with Crippen molar-refractivity contribution >= 4 is 5.82 Å². The molecule has 4 heteroatoms. The van der Waals surface area contributed by atoms with Crippen LogP contribution in [0.15, 0.2) is 12.3 Å². The lowest BCUT2D eigenvalue weighted by molar-refractivity contribution is 0.00551. The van der Waals surface area contributed by atoms with Gasteiger partial charge < -0.3 is 15.8 Å². The van der Waals surface area contributed by atoms with E-state index in [2.05, 4.69) is 16.4 Å². The number of rotatable bonds is 4. The van der Waals surface area contributed by atoms with Crippen molar-refractivity contribution in [2.45, 2.75) is 44.8 Å². The van der Waals surface area contributed by atoms with E-state index < -0.39 is 0 Å². The molecule has 0 amide bonds. The van der Waals surface area contributed by atoms with Gasteiger partial charge in [-0.25, -0.2) is 4.98 Å². The second-order valence-electron chi connectivity index (χ2n) is 5.05. The van der Waals surface area contributed by atoms with E-state index >= 15 is 0 Å². The van der Waals surface area contributed by atoms with Crippen LogP contribution in [0.4, 0.5) is 5.82 Å². The van der Waals surface area contributed by atoms with Gasteiger partial charge in [0, 0.05) is 24.4 Å². The van der Waals surface area contributed by atoms with Gasteiger partial charge in [0.05, 0.1) is 6.10 Å². The van der Waals surface area contributed by atoms with Gasteiger partial charge in [0.2, 0.25) is 0 Å². The third-order valence-corrected chi connectivity index (χ3v) is 3.58. The molecule has 1 aromatic rings. The molecule has 1 saturated heterocycles. The molecule has 2 rings (SSSR count). The summed E-state index contributed by atoms with van der Waals surface area (Å²) in [5, 5.41) is 3.33. The van der Waals surface area contributed by atoms with Gasteiger partial charge in [0.25, 0.3) is 0 Å². The summed E-state index contributed by atoms with van der Waals surface area (Å²) < 4.78 is 5.80. The van der Waals surface area contributed by atoms with E-state index in [0.29, 0.717) is 11.9 Å². The molecule has 1 aliphatic heterocycles. The molecule has 2 heterocycles. The van der Waals surface area contributed by atoms with Gasteiger partial charge in [0.1, 0.15) is 5.82 Å². The monoisotopic (exact) mass is 249 g/mol. The maximum atomic E-state index is 5.98. The zero-order valence-corrected chi connectivity index (χ0v) is 11.3. The Labute approximate surface area is 109 Å². The van der Waals surface area contributed by atoms with Crippen molar-refractivity contribution in [1.82, 2.24) is 10.3 Å². The van der Waals surface area contributed by atoms with Gasteiger partial charge in [0.15, 0.2) is 0 Å². The van der Waals surface area contributed by atoms with E-state index in [0.717, 1.165) is 30.6 Å². The van der Waals surface area contributed by atoms with Crippen LogP contribution < -0.4 is 11.1 Å². The summed E-state index contributed by atoms with van der Waals surface area (Å²) >= 11 is 0. The number of aromatic nitrogens is 1. The van der Waals surface area contributed by atoms with Crippen LogP contribution in [0, 0.1) is 6.92 Å². The van der Waals surface area contributed by atoms with Crippen LogP contribution in [-0.4, -0.2) is 24.7 Å². The predicted octanol–water partition coefficient (Wildman–Crippen LogP) is 2.19. The van der Waals surface area contributed by atoms with Gasteiger partial charge in [-0.3, -0.25) is 0 Å². The van der Waals surface area contributed by atoms with Crippen molar-refractivity contribution in [2.75, 3.05) is 19.4 Å². The van der Waals surface area contributed by atoms with Crippen LogP contribution in [0.2, 0.25) is 0 Å². The molecule has 2 atom stereocenters. The fourth-order valence-electron chi connectivity index (χ4n) is 2.54. The van der Waals surface area contributed by atoms with E-state index in [1.54, 1.807) is 0 Å². The molecule has 0 spiro atoms. The Morgan fingerprint density at radius 3 is 3.06 bits per heavy atom. The molecule has 0 aromatic carbocycles. The third-order valence-electron chi connectivity index (χ3n) is 3.58. The molecule has 1 aliphatic rings. The summed E-state index contributed by atoms with van der Waals surface area (Å²) in [6.07, 6.45) is 6.72. The highest BCUT2D eigenvalue weighted by atomic mass is 16.5. The number of hydrogen-bond donors (Lipinski definition) is 2. The van der Waals surface area contributed by atoms with Crippen molar-refractivity contribution in [3.63, 3.8) is 0 Å². The van der Waals surface area contributed by atoms with Crippen molar-refractivity contribution in [3.8, 4) is 0 Å². The number of pyridine rings is 1. The number of anilines is 1. The lowest BCUT2D eigenvalue weighted by Crippen LogP contribution is -2.27. The van der Waals surface area contributed by atoms with Crippen LogP contribution in [-0.2, 0) is 4.74 Å². The van der Waals surface area contributed by atoms with Gasteiger partial charge in [-0.05, 0) is 51.3 Å². The number of nitrogens with zero attached hydrogens (tertiary/aromatic N) is 1. The number of aryl methyl sites for hydroxylation is 1. The number of nitrogens with one attached hydrogen (secondary N) is 1. The maximum Gasteiger partial charge on any atom is 0.128 e. The predicted molar refractivity (Wildman–Crippen MR) is 73.4 cm³/mol. The SMILES string of the molecule is CNC(CC1CCCCO1)c1cc(C)cnc1N. The highest BCUT2D eigenvalue weighted by Crippen LogP contribution is 2.27. The molecule has 0 saturated carbocycles. The minimum absolute atomic E-state index is 0.223. The van der Waals surface area contributed by atoms with Crippen LogP contribution in [0.1, 0.15) is 42.9 Å². The van der Waals surface area contributed by atoms with Gasteiger partial charge in [-0.1, -0.05) is 0 Å². The average molecular weight is 249 g/mol. The lowest BCUT2D eigenvalue weighted by Gasteiger charge is -2.27. The minimum Gasteiger partial charge on any atom is -0.383 e. The Balaban J connectivity index is 2.09. The van der Waals surface area contributed by atoms with Crippen molar-refractivity contribution in [3.05, 3.63) is 23.4 Å². The zero-order chi connectivity index (χ0) is 13.0. The molecule has 0 bridgehead atoms. The Hall–Kier alpha value is -1.13. The molecule has 1 fully saturated rings. The molecule has 0 aliphatic carbocycles. The quantitative estimate of drug-likeness (QED) is 0.858. The summed E-state index contributed by atoms with van der Waals surface area (Å²) in [5.74, 6) is 0.621. The fraction of sp³-hybridized carbons (Fsp3) is 0.643. The Kier molecular flexibility index (Phi) is 4.55. The van der Waals surface area contributed by atoms with E-state index in [1.165, 1.54) is 12.8 Å². The minimum atomic E-state index is 0.223. The summed E-state index contributed by atoms with van der Waals surface area (Å²) in [6.45, 7) is 2.93. The average Bonchev–Trinajstić information content (AvgIpc) is 2.40. The normalized spacial score (nSPS) is 21.8. The molecule has 1 aromatic heterocycles. The molecule has 0 radical (unpaired) electrons. The molecule has 3 N–H and O–H groups in total. The van der Waals surface area contributed by atoms with Crippen molar-refractivity contribution < 1.29 is 4.74 Å². The van der Waals surface area contributed by atoms with Crippen LogP contribution >= 0.6 is 0 Å². The number of ether oxygens (including phenoxy) is 1. The lowest BCUT2D eigenvalue weighted by atomic mass is 9.96. The number of hydrogen-bond acceptors (Lipinski definition) is 4. The first-order chi connectivity index (χ1) is 8.70. The first-order valence-electron chi connectivity index (χ1n) is 6.71. The van der Waals surface area contributed by atoms with Gasteiger partial charge in [-0.15, -0.1) is 0 Å². The summed E-state index contributed by atoms with van der Waals surface area (Å²) in [4.78, 5) is 4.24. The maximum absolute atomic E-state index is 5.98. The highest BCUT2D eigenvalue weighted by molar-refractivity contribution is 5.43. The Bertz CT molecular complexity index is 389. The zero-order valence-electron chi connectivity index (χ0n) is 11.3. The summed E-state index contributed by atoms with van der Waals surface area (Å²) in [7, 11) is 1.97. The first kappa shape index (κ1) is 13.3. The van der Waals surface area contributed by atoms with Crippen molar-refractivity contribution in [1.29, 1.82) is 0 Å². The Morgan fingerprint density at radius 1 is 1.56 bits per heavy atom. The first-order valence-corrected chi connectivity index (χ1v) is 6.71. The topological polar surface area (TPSA) is 60.2 Å². The van der Waals surface area contributed by atoms with E-state index in [-0.39, 0.29) is 6.04 Å². The van der Waals surface area contributed by atoms with Crippen molar-refractivity contribution in [2.24, 2.45) is 0 Å². The van der Waals surface area contributed by atoms with Gasteiger partial charge in [-0.2, -0.15) is 0 Å². The molecule has 100 valence electrons. The second-order valence-corrected chi connectivity index (χ2v) is 5.05. The number of nitrogen functional groups attached to an aromatic ring is 1. The molecule has 18 heavy (non-hydrogen) atoms. The van der Waals surface area contributed by atoms with E-state index in [4.69, 9.17) is 10.5 Å². The molecular formula is C14H23N3O. The smallest absolute Gasteiger partial charge is 0.128 e. The third kappa shape index (κ3) is 3.21. The van der Waals surface area contributed by atoms with E-state index in [9.17, 15) is 0 Å². The largest absolute Gasteiger partial charge is 0.383 e. The highest BCUT2D eigenvalue weighted by Gasteiger charge is 2.21. The fourth-order valence-corrected chi connectivity index (χ4v) is 2.54.